The van der Waals surface area contributed by atoms with Crippen molar-refractivity contribution in [3.8, 4) is 0 Å². The molecule has 1 heterocycles. The zero-order chi connectivity index (χ0) is 13.2. The second-order valence-corrected chi connectivity index (χ2v) is 5.56. The second kappa shape index (κ2) is 4.70. The van der Waals surface area contributed by atoms with Gasteiger partial charge < -0.3 is 4.74 Å². The van der Waals surface area contributed by atoms with Crippen LogP contribution in [0.3, 0.4) is 0 Å². The molecule has 0 saturated carbocycles. The molecule has 0 atom stereocenters. The number of sulfonamides is 1. The first-order valence-corrected chi connectivity index (χ1v) is 6.62. The number of nitrogens with zero attached hydrogens (tertiary/aromatic N) is 2. The van der Waals surface area contributed by atoms with Gasteiger partial charge in [-0.25, -0.2) is 18.2 Å². The Morgan fingerprint density at radius 1 is 1.41 bits per heavy atom. The van der Waals surface area contributed by atoms with Crippen molar-refractivity contribution < 1.29 is 17.9 Å². The molecule has 0 fully saturated rings. The van der Waals surface area contributed by atoms with E-state index in [4.69, 9.17) is 0 Å². The van der Waals surface area contributed by atoms with Crippen molar-refractivity contribution in [1.29, 1.82) is 0 Å². The van der Waals surface area contributed by atoms with Crippen LogP contribution in [0.25, 0.3) is 0 Å². The molecule has 1 rings (SSSR count). The van der Waals surface area contributed by atoms with E-state index in [-0.39, 0.29) is 11.4 Å². The fourth-order valence-electron chi connectivity index (χ4n) is 1.21. The van der Waals surface area contributed by atoms with Crippen LogP contribution in [0.4, 0.5) is 5.82 Å². The van der Waals surface area contributed by atoms with Gasteiger partial charge in [0, 0.05) is 12.7 Å². The van der Waals surface area contributed by atoms with Crippen molar-refractivity contribution in [3.63, 3.8) is 0 Å². The van der Waals surface area contributed by atoms with Crippen molar-refractivity contribution in [3.05, 3.63) is 23.4 Å². The first kappa shape index (κ1) is 13.4. The molecule has 0 N–H and O–H groups in total. The van der Waals surface area contributed by atoms with Gasteiger partial charge >= 0.3 is 5.97 Å². The number of anilines is 1. The summed E-state index contributed by atoms with van der Waals surface area (Å²) in [5.41, 5.74) is 0.731. The van der Waals surface area contributed by atoms with Crippen LogP contribution in [0, 0.1) is 6.92 Å². The average molecular weight is 258 g/mol. The van der Waals surface area contributed by atoms with Crippen molar-refractivity contribution in [2.45, 2.75) is 6.92 Å². The van der Waals surface area contributed by atoms with Crippen LogP contribution in [0.5, 0.6) is 0 Å². The van der Waals surface area contributed by atoms with Gasteiger partial charge in [0.05, 0.1) is 13.4 Å². The van der Waals surface area contributed by atoms with Gasteiger partial charge in [0.1, 0.15) is 5.56 Å². The molecule has 17 heavy (non-hydrogen) atoms. The minimum atomic E-state index is -3.47. The van der Waals surface area contributed by atoms with Crippen molar-refractivity contribution in [1.82, 2.24) is 4.98 Å². The summed E-state index contributed by atoms with van der Waals surface area (Å²) in [5.74, 6) is -0.553. The van der Waals surface area contributed by atoms with Gasteiger partial charge in [0.2, 0.25) is 10.0 Å². The minimum absolute atomic E-state index is 0.0688. The molecule has 0 aromatic carbocycles. The summed E-state index contributed by atoms with van der Waals surface area (Å²) in [6, 6.07) is 3.11. The zero-order valence-corrected chi connectivity index (χ0v) is 10.9. The molecule has 94 valence electrons. The lowest BCUT2D eigenvalue weighted by molar-refractivity contribution is 0.0601. The molecule has 0 amide bonds. The molecule has 0 aliphatic carbocycles. The number of methoxy groups -OCH3 is 1. The predicted molar refractivity (Wildman–Crippen MR) is 63.6 cm³/mol. The second-order valence-electron chi connectivity index (χ2n) is 3.55. The summed E-state index contributed by atoms with van der Waals surface area (Å²) in [6.07, 6.45) is 1.04. The lowest BCUT2D eigenvalue weighted by atomic mass is 10.2. The number of carbonyl (C=O) groups is 1. The van der Waals surface area contributed by atoms with E-state index in [1.54, 1.807) is 13.0 Å². The van der Waals surface area contributed by atoms with Crippen molar-refractivity contribution >= 4 is 21.8 Å². The van der Waals surface area contributed by atoms with Crippen LogP contribution in [0.15, 0.2) is 12.1 Å². The first-order chi connectivity index (χ1) is 7.77. The highest BCUT2D eigenvalue weighted by Gasteiger charge is 2.21. The lowest BCUT2D eigenvalue weighted by Gasteiger charge is -2.18. The lowest BCUT2D eigenvalue weighted by Crippen LogP contribution is -2.28. The SMILES string of the molecule is COC(=O)c1ccc(C)nc1N(C)S(C)(=O)=O. The zero-order valence-electron chi connectivity index (χ0n) is 10.1. The van der Waals surface area contributed by atoms with Crippen molar-refractivity contribution in [2.24, 2.45) is 0 Å². The maximum absolute atomic E-state index is 11.5. The number of ether oxygens (including phenoxy) is 1. The van der Waals surface area contributed by atoms with Gasteiger partial charge in [-0.05, 0) is 19.1 Å². The molecule has 7 heteroatoms. The van der Waals surface area contributed by atoms with Gasteiger partial charge in [-0.15, -0.1) is 0 Å². The third-order valence-electron chi connectivity index (χ3n) is 2.22. The molecule has 0 unspecified atom stereocenters. The number of aromatic nitrogens is 1. The van der Waals surface area contributed by atoms with E-state index in [1.807, 2.05) is 0 Å². The van der Waals surface area contributed by atoms with Gasteiger partial charge in [-0.1, -0.05) is 0 Å². The fraction of sp³-hybridized carbons (Fsp3) is 0.400. The Bertz CT molecular complexity index is 539. The normalized spacial score (nSPS) is 11.1. The van der Waals surface area contributed by atoms with E-state index in [0.717, 1.165) is 10.6 Å². The standard InChI is InChI=1S/C10H14N2O4S/c1-7-5-6-8(10(13)16-3)9(11-7)12(2)17(4,14)15/h5-6H,1-4H3. The largest absolute Gasteiger partial charge is 0.465 e. The van der Waals surface area contributed by atoms with Crippen LogP contribution in [0.2, 0.25) is 0 Å². The van der Waals surface area contributed by atoms with Crippen molar-refractivity contribution in [2.75, 3.05) is 24.7 Å². The number of esters is 1. The summed E-state index contributed by atoms with van der Waals surface area (Å²) in [4.78, 5) is 15.5. The van der Waals surface area contributed by atoms with Gasteiger partial charge in [-0.2, -0.15) is 0 Å². The molecule has 0 radical (unpaired) electrons. The first-order valence-electron chi connectivity index (χ1n) is 4.77. The molecule has 0 aliphatic heterocycles. The van der Waals surface area contributed by atoms with E-state index >= 15 is 0 Å². The number of hydrogen-bond donors (Lipinski definition) is 0. The van der Waals surface area contributed by atoms with Gasteiger partial charge in [-0.3, -0.25) is 4.31 Å². The Hall–Kier alpha value is -1.63. The fourth-order valence-corrected chi connectivity index (χ4v) is 1.66. The number of carbonyl (C=O) groups excluding carboxylic acids is 1. The summed E-state index contributed by atoms with van der Waals surface area (Å²) in [7, 11) is -0.908. The molecular formula is C10H14N2O4S. The highest BCUT2D eigenvalue weighted by atomic mass is 32.2. The molecule has 0 spiro atoms. The van der Waals surface area contributed by atoms with Gasteiger partial charge in [0.25, 0.3) is 0 Å². The van der Waals surface area contributed by atoms with Crippen LogP contribution in [0.1, 0.15) is 16.1 Å². The molecule has 0 bridgehead atoms. The topological polar surface area (TPSA) is 76.6 Å². The molecule has 1 aromatic rings. The maximum Gasteiger partial charge on any atom is 0.341 e. The molecule has 6 nitrogen and oxygen atoms in total. The summed E-state index contributed by atoms with van der Waals surface area (Å²) >= 11 is 0. The van der Waals surface area contributed by atoms with Gasteiger partial charge in [0.15, 0.2) is 5.82 Å². The highest BCUT2D eigenvalue weighted by Crippen LogP contribution is 2.20. The van der Waals surface area contributed by atoms with E-state index in [9.17, 15) is 13.2 Å². The van der Waals surface area contributed by atoms with Crippen LogP contribution >= 0.6 is 0 Å². The minimum Gasteiger partial charge on any atom is -0.465 e. The molecular weight excluding hydrogens is 244 g/mol. The Balaban J connectivity index is 3.40. The molecule has 0 aliphatic rings. The van der Waals surface area contributed by atoms with Crippen LogP contribution < -0.4 is 4.31 Å². The quantitative estimate of drug-likeness (QED) is 0.741. The molecule has 1 aromatic heterocycles. The Morgan fingerprint density at radius 2 is 2.00 bits per heavy atom. The monoisotopic (exact) mass is 258 g/mol. The summed E-state index contributed by atoms with van der Waals surface area (Å²) < 4.78 is 28.4. The summed E-state index contributed by atoms with van der Waals surface area (Å²) in [5, 5.41) is 0. The smallest absolute Gasteiger partial charge is 0.341 e. The number of rotatable bonds is 3. The van der Waals surface area contributed by atoms with E-state index in [1.165, 1.54) is 20.2 Å². The van der Waals surface area contributed by atoms with Crippen LogP contribution in [-0.2, 0) is 14.8 Å². The van der Waals surface area contributed by atoms with E-state index in [0.29, 0.717) is 5.69 Å². The van der Waals surface area contributed by atoms with Crippen LogP contribution in [-0.4, -0.2) is 39.8 Å². The maximum atomic E-state index is 11.5. The van der Waals surface area contributed by atoms with E-state index in [2.05, 4.69) is 9.72 Å². The Morgan fingerprint density at radius 3 is 2.47 bits per heavy atom. The highest BCUT2D eigenvalue weighted by molar-refractivity contribution is 7.92. The third-order valence-corrected chi connectivity index (χ3v) is 3.38. The Kier molecular flexibility index (Phi) is 3.72. The number of aryl methyl sites for hydroxylation is 1. The average Bonchev–Trinajstić information content (AvgIpc) is 2.25. The van der Waals surface area contributed by atoms with E-state index < -0.39 is 16.0 Å². The predicted octanol–water partition coefficient (Wildman–Crippen LogP) is 0.572. The third kappa shape index (κ3) is 2.94. The summed E-state index contributed by atoms with van der Waals surface area (Å²) in [6.45, 7) is 1.71. The number of pyridine rings is 1. The Labute approximate surface area is 100 Å². The number of hydrogen-bond acceptors (Lipinski definition) is 5. The molecule has 0 saturated heterocycles.